The Morgan fingerprint density at radius 2 is 1.91 bits per heavy atom. The molecule has 0 atom stereocenters. The lowest BCUT2D eigenvalue weighted by atomic mass is 10.1. The van der Waals surface area contributed by atoms with Crippen molar-refractivity contribution >= 4 is 22.0 Å². The number of alkyl carbamates (subject to hydrolysis) is 1. The molecule has 0 saturated carbocycles. The fraction of sp³-hybridized carbons (Fsp3) is 0.438. The first-order valence-electron chi connectivity index (χ1n) is 6.96. The van der Waals surface area contributed by atoms with E-state index in [1.165, 1.54) is 6.26 Å². The molecule has 22 heavy (non-hydrogen) atoms. The molecule has 0 heterocycles. The summed E-state index contributed by atoms with van der Waals surface area (Å²) in [5, 5.41) is 2.61. The Morgan fingerprint density at radius 1 is 1.27 bits per heavy atom. The molecule has 5 nitrogen and oxygen atoms in total. The molecule has 1 rings (SSSR count). The van der Waals surface area contributed by atoms with E-state index >= 15 is 0 Å². The van der Waals surface area contributed by atoms with Crippen molar-refractivity contribution < 1.29 is 17.9 Å². The van der Waals surface area contributed by atoms with Gasteiger partial charge in [-0.05, 0) is 31.9 Å². The minimum atomic E-state index is -3.09. The highest BCUT2D eigenvalue weighted by atomic mass is 32.2. The Kier molecular flexibility index (Phi) is 6.17. The van der Waals surface area contributed by atoms with Crippen molar-refractivity contribution in [3.8, 4) is 0 Å². The lowest BCUT2D eigenvalue weighted by Gasteiger charge is -2.19. The second-order valence-corrected chi connectivity index (χ2v) is 8.19. The van der Waals surface area contributed by atoms with Crippen molar-refractivity contribution in [1.29, 1.82) is 0 Å². The number of ether oxygens (including phenoxy) is 1. The average Bonchev–Trinajstić information content (AvgIpc) is 2.32. The van der Waals surface area contributed by atoms with Gasteiger partial charge in [-0.3, -0.25) is 0 Å². The van der Waals surface area contributed by atoms with Crippen LogP contribution in [-0.2, 0) is 20.3 Å². The van der Waals surface area contributed by atoms with E-state index < -0.39 is 21.5 Å². The lowest BCUT2D eigenvalue weighted by Crippen LogP contribution is -2.32. The Bertz CT molecular complexity index is 642. The molecular formula is C16H23NO4S. The summed E-state index contributed by atoms with van der Waals surface area (Å²) >= 11 is 0. The second kappa shape index (κ2) is 7.45. The van der Waals surface area contributed by atoms with E-state index in [4.69, 9.17) is 4.74 Å². The first-order chi connectivity index (χ1) is 10.1. The van der Waals surface area contributed by atoms with Gasteiger partial charge < -0.3 is 10.1 Å². The average molecular weight is 325 g/mol. The van der Waals surface area contributed by atoms with Gasteiger partial charge in [0.05, 0.1) is 5.75 Å². The predicted octanol–water partition coefficient (Wildman–Crippen LogP) is 2.77. The van der Waals surface area contributed by atoms with Crippen LogP contribution in [0.15, 0.2) is 30.3 Å². The largest absolute Gasteiger partial charge is 0.444 e. The predicted molar refractivity (Wildman–Crippen MR) is 88.3 cm³/mol. The molecule has 1 aromatic rings. The lowest BCUT2D eigenvalue weighted by molar-refractivity contribution is 0.0534. The van der Waals surface area contributed by atoms with E-state index in [1.54, 1.807) is 45.1 Å². The topological polar surface area (TPSA) is 72.5 Å². The number of sulfone groups is 1. The van der Waals surface area contributed by atoms with Gasteiger partial charge in [0.1, 0.15) is 5.60 Å². The molecule has 0 radical (unpaired) electrons. The van der Waals surface area contributed by atoms with Crippen LogP contribution < -0.4 is 5.32 Å². The van der Waals surface area contributed by atoms with Crippen LogP contribution in [0.1, 0.15) is 31.9 Å². The number of carbonyl (C=O) groups excluding carboxylic acids is 1. The number of benzene rings is 1. The third-order valence-corrected chi connectivity index (χ3v) is 3.37. The van der Waals surface area contributed by atoms with E-state index in [9.17, 15) is 13.2 Å². The molecule has 6 heteroatoms. The summed E-state index contributed by atoms with van der Waals surface area (Å²) in [6.07, 6.45) is 4.27. The SMILES string of the molecule is CC(C)(C)OC(=O)NCC=Cc1ccccc1CS(C)(=O)=O. The van der Waals surface area contributed by atoms with Gasteiger partial charge in [0.2, 0.25) is 0 Å². The summed E-state index contributed by atoms with van der Waals surface area (Å²) in [5.41, 5.74) is 1.02. The van der Waals surface area contributed by atoms with Gasteiger partial charge in [-0.1, -0.05) is 36.4 Å². The van der Waals surface area contributed by atoms with Crippen molar-refractivity contribution in [2.45, 2.75) is 32.1 Å². The van der Waals surface area contributed by atoms with Crippen LogP contribution in [0.3, 0.4) is 0 Å². The molecule has 0 spiro atoms. The van der Waals surface area contributed by atoms with Crippen molar-refractivity contribution in [1.82, 2.24) is 5.32 Å². The van der Waals surface area contributed by atoms with Crippen molar-refractivity contribution in [3.05, 3.63) is 41.5 Å². The minimum Gasteiger partial charge on any atom is -0.444 e. The molecule has 122 valence electrons. The Morgan fingerprint density at radius 3 is 2.50 bits per heavy atom. The van der Waals surface area contributed by atoms with E-state index in [0.29, 0.717) is 6.54 Å². The number of hydrogen-bond donors (Lipinski definition) is 1. The Labute approximate surface area is 132 Å². The molecule has 1 N–H and O–H groups in total. The van der Waals surface area contributed by atoms with Gasteiger partial charge in [0, 0.05) is 12.8 Å². The molecule has 0 aliphatic rings. The number of amides is 1. The zero-order valence-corrected chi connectivity index (χ0v) is 14.2. The van der Waals surface area contributed by atoms with E-state index in [-0.39, 0.29) is 5.75 Å². The van der Waals surface area contributed by atoms with Crippen LogP contribution in [0, 0.1) is 0 Å². The fourth-order valence-electron chi connectivity index (χ4n) is 1.75. The standard InChI is InChI=1S/C16H23NO4S/c1-16(2,3)21-15(18)17-11-7-10-13-8-5-6-9-14(13)12-22(4,19)20/h5-10H,11-12H2,1-4H3,(H,17,18). The maximum absolute atomic E-state index is 11.5. The van der Waals surface area contributed by atoms with Gasteiger partial charge in [0.25, 0.3) is 0 Å². The van der Waals surface area contributed by atoms with Crippen LogP contribution in [0.2, 0.25) is 0 Å². The fourth-order valence-corrected chi connectivity index (χ4v) is 2.58. The van der Waals surface area contributed by atoms with Crippen molar-refractivity contribution in [2.24, 2.45) is 0 Å². The van der Waals surface area contributed by atoms with Crippen molar-refractivity contribution in [3.63, 3.8) is 0 Å². The highest BCUT2D eigenvalue weighted by Gasteiger charge is 2.15. The summed E-state index contributed by atoms with van der Waals surface area (Å²) in [7, 11) is -3.09. The van der Waals surface area contributed by atoms with Crippen LogP contribution in [-0.4, -0.2) is 32.9 Å². The zero-order valence-electron chi connectivity index (χ0n) is 13.4. The molecular weight excluding hydrogens is 302 g/mol. The van der Waals surface area contributed by atoms with Gasteiger partial charge in [-0.25, -0.2) is 13.2 Å². The normalized spacial score (nSPS) is 12.4. The third kappa shape index (κ3) is 7.83. The molecule has 1 aromatic carbocycles. The van der Waals surface area contributed by atoms with Gasteiger partial charge >= 0.3 is 6.09 Å². The number of nitrogens with one attached hydrogen (secondary N) is 1. The van der Waals surface area contributed by atoms with E-state index in [2.05, 4.69) is 5.32 Å². The van der Waals surface area contributed by atoms with Crippen LogP contribution in [0.25, 0.3) is 6.08 Å². The molecule has 0 fully saturated rings. The number of rotatable bonds is 5. The first kappa shape index (κ1) is 18.2. The first-order valence-corrected chi connectivity index (χ1v) is 9.02. The van der Waals surface area contributed by atoms with Gasteiger partial charge in [-0.2, -0.15) is 0 Å². The highest BCUT2D eigenvalue weighted by molar-refractivity contribution is 7.89. The Hall–Kier alpha value is -1.82. The summed E-state index contributed by atoms with van der Waals surface area (Å²) in [4.78, 5) is 11.5. The highest BCUT2D eigenvalue weighted by Crippen LogP contribution is 2.13. The summed E-state index contributed by atoms with van der Waals surface area (Å²) in [6.45, 7) is 5.69. The van der Waals surface area contributed by atoms with E-state index in [1.807, 2.05) is 12.1 Å². The minimum absolute atomic E-state index is 0.00694. The Balaban J connectivity index is 2.62. The molecule has 0 aliphatic carbocycles. The maximum Gasteiger partial charge on any atom is 0.407 e. The summed E-state index contributed by atoms with van der Waals surface area (Å²) in [6, 6.07) is 7.26. The molecule has 0 bridgehead atoms. The smallest absolute Gasteiger partial charge is 0.407 e. The van der Waals surface area contributed by atoms with Gasteiger partial charge in [-0.15, -0.1) is 0 Å². The zero-order chi connectivity index (χ0) is 16.8. The number of hydrogen-bond acceptors (Lipinski definition) is 4. The monoisotopic (exact) mass is 325 g/mol. The third-order valence-electron chi connectivity index (χ3n) is 2.53. The molecule has 0 saturated heterocycles. The molecule has 0 aliphatic heterocycles. The quantitative estimate of drug-likeness (QED) is 0.903. The molecule has 0 aromatic heterocycles. The summed E-state index contributed by atoms with van der Waals surface area (Å²) in [5.74, 6) is -0.00694. The van der Waals surface area contributed by atoms with Crippen molar-refractivity contribution in [2.75, 3.05) is 12.8 Å². The second-order valence-electron chi connectivity index (χ2n) is 6.05. The summed E-state index contributed by atoms with van der Waals surface area (Å²) < 4.78 is 27.9. The number of carbonyl (C=O) groups is 1. The van der Waals surface area contributed by atoms with Crippen LogP contribution in [0.4, 0.5) is 4.79 Å². The molecule has 1 amide bonds. The van der Waals surface area contributed by atoms with Crippen LogP contribution >= 0.6 is 0 Å². The van der Waals surface area contributed by atoms with E-state index in [0.717, 1.165) is 11.1 Å². The maximum atomic E-state index is 11.5. The van der Waals surface area contributed by atoms with Crippen LogP contribution in [0.5, 0.6) is 0 Å². The van der Waals surface area contributed by atoms with Gasteiger partial charge in [0.15, 0.2) is 9.84 Å². The molecule has 0 unspecified atom stereocenters.